The summed E-state index contributed by atoms with van der Waals surface area (Å²) in [6.07, 6.45) is 0. The van der Waals surface area contributed by atoms with Crippen LogP contribution in [0.2, 0.25) is 0 Å². The summed E-state index contributed by atoms with van der Waals surface area (Å²) in [6, 6.07) is 7.92. The first kappa shape index (κ1) is 18.3. The van der Waals surface area contributed by atoms with Crippen molar-refractivity contribution < 1.29 is 13.6 Å². The van der Waals surface area contributed by atoms with Crippen LogP contribution in [-0.4, -0.2) is 31.4 Å². The maximum Gasteiger partial charge on any atom is 0.287 e. The van der Waals surface area contributed by atoms with Crippen LogP contribution in [0.1, 0.15) is 44.8 Å². The van der Waals surface area contributed by atoms with Gasteiger partial charge in [0, 0.05) is 17.5 Å². The number of likely N-dealkylation sites (N-methyl/N-ethyl adjacent to an activating group) is 1. The molecule has 0 aliphatic carbocycles. The molecule has 0 saturated carbocycles. The van der Waals surface area contributed by atoms with Gasteiger partial charge in [0.15, 0.2) is 5.76 Å². The van der Waals surface area contributed by atoms with Gasteiger partial charge in [0.25, 0.3) is 5.91 Å². The van der Waals surface area contributed by atoms with Crippen molar-refractivity contribution >= 4 is 16.9 Å². The molecule has 3 rings (SSSR count). The average Bonchev–Trinajstić information content (AvgIpc) is 3.11. The van der Waals surface area contributed by atoms with Crippen molar-refractivity contribution in [3.63, 3.8) is 0 Å². The molecule has 2 heterocycles. The van der Waals surface area contributed by atoms with Crippen molar-refractivity contribution in [3.05, 3.63) is 58.2 Å². The Bertz CT molecular complexity index is 950. The summed E-state index contributed by atoms with van der Waals surface area (Å²) in [7, 11) is 3.93. The zero-order valence-electron chi connectivity index (χ0n) is 16.3. The van der Waals surface area contributed by atoms with Crippen molar-refractivity contribution in [2.24, 2.45) is 0 Å². The number of nitrogens with one attached hydrogen (secondary N) is 1. The van der Waals surface area contributed by atoms with Crippen molar-refractivity contribution in [1.82, 2.24) is 10.2 Å². The minimum absolute atomic E-state index is 0.0404. The van der Waals surface area contributed by atoms with Crippen LogP contribution in [0.3, 0.4) is 0 Å². The zero-order chi connectivity index (χ0) is 19.0. The Morgan fingerprint density at radius 2 is 1.85 bits per heavy atom. The van der Waals surface area contributed by atoms with E-state index in [0.29, 0.717) is 12.3 Å². The van der Waals surface area contributed by atoms with E-state index in [1.807, 2.05) is 64.9 Å². The monoisotopic (exact) mass is 354 g/mol. The fourth-order valence-corrected chi connectivity index (χ4v) is 3.45. The Hall–Kier alpha value is -2.53. The molecule has 1 aromatic carbocycles. The van der Waals surface area contributed by atoms with Crippen LogP contribution in [0.5, 0.6) is 0 Å². The Balaban J connectivity index is 1.82. The van der Waals surface area contributed by atoms with Gasteiger partial charge in [0.1, 0.15) is 17.1 Å². The number of nitrogens with zero attached hydrogens (tertiary/aromatic N) is 1. The third-order valence-electron chi connectivity index (χ3n) is 4.75. The Kier molecular flexibility index (Phi) is 4.92. The molecular weight excluding hydrogens is 328 g/mol. The van der Waals surface area contributed by atoms with Gasteiger partial charge in [-0.05, 0) is 71.1 Å². The van der Waals surface area contributed by atoms with Gasteiger partial charge in [-0.3, -0.25) is 9.69 Å². The number of carbonyl (C=O) groups excluding carboxylic acids is 1. The lowest BCUT2D eigenvalue weighted by atomic mass is 10.0. The molecular formula is C21H26N2O3. The van der Waals surface area contributed by atoms with E-state index in [4.69, 9.17) is 8.83 Å². The van der Waals surface area contributed by atoms with E-state index >= 15 is 0 Å². The second kappa shape index (κ2) is 7.00. The average molecular weight is 354 g/mol. The first-order valence-electron chi connectivity index (χ1n) is 8.79. The van der Waals surface area contributed by atoms with Crippen molar-refractivity contribution in [2.45, 2.75) is 33.7 Å². The highest BCUT2D eigenvalue weighted by atomic mass is 16.3. The zero-order valence-corrected chi connectivity index (χ0v) is 16.3. The number of benzene rings is 1. The Morgan fingerprint density at radius 1 is 1.12 bits per heavy atom. The quantitative estimate of drug-likeness (QED) is 0.742. The fraction of sp³-hybridized carbons (Fsp3) is 0.381. The first-order chi connectivity index (χ1) is 12.3. The molecule has 5 nitrogen and oxygen atoms in total. The van der Waals surface area contributed by atoms with Gasteiger partial charge in [-0.25, -0.2) is 0 Å². The number of rotatable bonds is 5. The van der Waals surface area contributed by atoms with Crippen LogP contribution >= 0.6 is 0 Å². The largest absolute Gasteiger partial charge is 0.465 e. The topological polar surface area (TPSA) is 58.6 Å². The van der Waals surface area contributed by atoms with Crippen molar-refractivity contribution in [1.29, 1.82) is 0 Å². The Labute approximate surface area is 154 Å². The number of aryl methyl sites for hydroxylation is 4. The van der Waals surface area contributed by atoms with Crippen LogP contribution in [0, 0.1) is 27.7 Å². The number of hydrogen-bond donors (Lipinski definition) is 1. The smallest absolute Gasteiger partial charge is 0.287 e. The lowest BCUT2D eigenvalue weighted by molar-refractivity contribution is 0.0912. The number of furan rings is 2. The molecule has 0 spiro atoms. The van der Waals surface area contributed by atoms with Crippen LogP contribution < -0.4 is 5.32 Å². The minimum Gasteiger partial charge on any atom is -0.465 e. The summed E-state index contributed by atoms with van der Waals surface area (Å²) in [5.74, 6) is 1.87. The summed E-state index contributed by atoms with van der Waals surface area (Å²) in [6.45, 7) is 8.35. The van der Waals surface area contributed by atoms with Gasteiger partial charge < -0.3 is 14.2 Å². The summed E-state index contributed by atoms with van der Waals surface area (Å²) >= 11 is 0. The molecule has 26 heavy (non-hydrogen) atoms. The molecule has 5 heteroatoms. The van der Waals surface area contributed by atoms with Gasteiger partial charge in [-0.15, -0.1) is 0 Å². The van der Waals surface area contributed by atoms with Crippen LogP contribution in [0.15, 0.2) is 33.1 Å². The predicted molar refractivity (Wildman–Crippen MR) is 103 cm³/mol. The molecule has 0 aliphatic heterocycles. The van der Waals surface area contributed by atoms with E-state index in [-0.39, 0.29) is 11.9 Å². The molecule has 0 bridgehead atoms. The van der Waals surface area contributed by atoms with E-state index < -0.39 is 0 Å². The number of fused-ring (bicyclic) bond motifs is 1. The molecule has 1 amide bonds. The maximum atomic E-state index is 12.7. The molecule has 1 atom stereocenters. The summed E-state index contributed by atoms with van der Waals surface area (Å²) in [4.78, 5) is 14.8. The normalized spacial score (nSPS) is 12.7. The molecule has 0 fully saturated rings. The second-order valence-electron chi connectivity index (χ2n) is 7.15. The second-order valence-corrected chi connectivity index (χ2v) is 7.15. The molecule has 138 valence electrons. The molecule has 3 aromatic rings. The number of amides is 1. The van der Waals surface area contributed by atoms with Gasteiger partial charge in [-0.2, -0.15) is 0 Å². The van der Waals surface area contributed by atoms with Crippen molar-refractivity contribution in [2.75, 3.05) is 20.6 Å². The van der Waals surface area contributed by atoms with E-state index in [9.17, 15) is 4.79 Å². The van der Waals surface area contributed by atoms with Gasteiger partial charge in [0.2, 0.25) is 0 Å². The molecule has 0 radical (unpaired) electrons. The predicted octanol–water partition coefficient (Wildman–Crippen LogP) is 4.29. The van der Waals surface area contributed by atoms with E-state index in [1.165, 1.54) is 0 Å². The molecule has 2 aromatic heterocycles. The highest BCUT2D eigenvalue weighted by Gasteiger charge is 2.22. The SMILES string of the molecule is Cc1cc(C)c2c(C)c(C(=O)NC[C@@H](c3ccc(C)o3)N(C)C)oc2c1. The van der Waals surface area contributed by atoms with E-state index in [2.05, 4.69) is 11.4 Å². The number of carbonyl (C=O) groups is 1. The third kappa shape index (κ3) is 3.40. The summed E-state index contributed by atoms with van der Waals surface area (Å²) in [5.41, 5.74) is 3.88. The summed E-state index contributed by atoms with van der Waals surface area (Å²) < 4.78 is 11.6. The van der Waals surface area contributed by atoms with Crippen molar-refractivity contribution in [3.8, 4) is 0 Å². The highest BCUT2D eigenvalue weighted by Crippen LogP contribution is 2.29. The minimum atomic E-state index is -0.203. The Morgan fingerprint density at radius 3 is 2.46 bits per heavy atom. The van der Waals surface area contributed by atoms with Gasteiger partial charge in [-0.1, -0.05) is 6.07 Å². The maximum absolute atomic E-state index is 12.7. The molecule has 0 saturated heterocycles. The van der Waals surface area contributed by atoms with Gasteiger partial charge in [0.05, 0.1) is 6.04 Å². The lowest BCUT2D eigenvalue weighted by Crippen LogP contribution is -2.34. The first-order valence-corrected chi connectivity index (χ1v) is 8.79. The summed E-state index contributed by atoms with van der Waals surface area (Å²) in [5, 5.41) is 4.01. The highest BCUT2D eigenvalue weighted by molar-refractivity contribution is 6.00. The van der Waals surface area contributed by atoms with Crippen LogP contribution in [0.25, 0.3) is 11.0 Å². The molecule has 0 unspecified atom stereocenters. The van der Waals surface area contributed by atoms with Crippen LogP contribution in [-0.2, 0) is 0 Å². The van der Waals surface area contributed by atoms with Crippen LogP contribution in [0.4, 0.5) is 0 Å². The molecule has 1 N–H and O–H groups in total. The van der Waals surface area contributed by atoms with Gasteiger partial charge >= 0.3 is 0 Å². The number of hydrogen-bond acceptors (Lipinski definition) is 4. The molecule has 0 aliphatic rings. The van der Waals surface area contributed by atoms with E-state index in [0.717, 1.165) is 39.2 Å². The lowest BCUT2D eigenvalue weighted by Gasteiger charge is -2.22. The third-order valence-corrected chi connectivity index (χ3v) is 4.75. The van der Waals surface area contributed by atoms with E-state index in [1.54, 1.807) is 0 Å². The fourth-order valence-electron chi connectivity index (χ4n) is 3.45. The standard InChI is InChI=1S/C21H26N2O3/c1-12-9-13(2)19-15(4)20(26-18(19)10-12)21(24)22-11-16(23(5)6)17-8-7-14(3)25-17/h7-10,16H,11H2,1-6H3,(H,22,24)/t16-/m0/s1.